The molecule has 0 spiro atoms. The fourth-order valence-corrected chi connectivity index (χ4v) is 5.61. The Bertz CT molecular complexity index is 1080. The zero-order valence-corrected chi connectivity index (χ0v) is 21.5. The van der Waals surface area contributed by atoms with Gasteiger partial charge in [0.1, 0.15) is 5.75 Å². The van der Waals surface area contributed by atoms with Crippen LogP contribution in [0.1, 0.15) is 55.8 Å². The van der Waals surface area contributed by atoms with E-state index < -0.39 is 6.16 Å². The lowest BCUT2D eigenvalue weighted by molar-refractivity contribution is 0.0923. The Balaban J connectivity index is 0.000000840. The van der Waals surface area contributed by atoms with Gasteiger partial charge in [-0.25, -0.2) is 4.79 Å². The van der Waals surface area contributed by atoms with Crippen LogP contribution >= 0.6 is 11.8 Å². The molecule has 3 aromatic carbocycles. The van der Waals surface area contributed by atoms with Crippen molar-refractivity contribution in [3.8, 4) is 16.9 Å². The lowest BCUT2D eigenvalue weighted by Gasteiger charge is -2.11. The largest absolute Gasteiger partial charge is 0.503 e. The van der Waals surface area contributed by atoms with E-state index >= 15 is 0 Å². The van der Waals surface area contributed by atoms with Gasteiger partial charge in [-0.2, -0.15) is 0 Å². The van der Waals surface area contributed by atoms with Crippen LogP contribution < -0.4 is 4.74 Å². The summed E-state index contributed by atoms with van der Waals surface area (Å²) < 4.78 is 5.81. The van der Waals surface area contributed by atoms with Crippen molar-refractivity contribution in [2.24, 2.45) is 5.92 Å². The maximum absolute atomic E-state index is 13.1. The summed E-state index contributed by atoms with van der Waals surface area (Å²) in [5.41, 5.74) is 3.10. The minimum absolute atomic E-state index is 0.145. The second-order valence-electron chi connectivity index (χ2n) is 8.87. The van der Waals surface area contributed by atoms with Gasteiger partial charge >= 0.3 is 6.16 Å². The molecule has 1 fully saturated rings. The Morgan fingerprint density at radius 2 is 1.47 bits per heavy atom. The molecule has 0 heterocycles. The maximum Gasteiger partial charge on any atom is 0.503 e. The summed E-state index contributed by atoms with van der Waals surface area (Å²) in [6.07, 6.45) is 4.75. The van der Waals surface area contributed by atoms with Crippen LogP contribution in [-0.2, 0) is 0 Å². The number of thioether (sulfide) groups is 1. The molecule has 6 heteroatoms. The van der Waals surface area contributed by atoms with Crippen LogP contribution in [0.2, 0.25) is 0 Å². The van der Waals surface area contributed by atoms with E-state index in [0.29, 0.717) is 11.0 Å². The number of hydrogen-bond donors (Lipinski definition) is 2. The van der Waals surface area contributed by atoms with Crippen molar-refractivity contribution in [2.75, 3.05) is 6.61 Å². The number of rotatable bonds is 10. The van der Waals surface area contributed by atoms with Gasteiger partial charge in [-0.3, -0.25) is 4.79 Å². The van der Waals surface area contributed by atoms with Crippen molar-refractivity contribution in [1.29, 1.82) is 0 Å². The highest BCUT2D eigenvalue weighted by Gasteiger charge is 2.31. The van der Waals surface area contributed by atoms with Crippen LogP contribution in [-0.4, -0.2) is 34.0 Å². The molecule has 0 amide bonds. The number of Topliss-reactive ketones (excluding diaryl/α,β-unsaturated/α-hetero) is 1. The highest BCUT2D eigenvalue weighted by atomic mass is 32.2. The van der Waals surface area contributed by atoms with Crippen molar-refractivity contribution in [3.05, 3.63) is 84.4 Å². The second kappa shape index (κ2) is 14.3. The first kappa shape index (κ1) is 27.3. The molecular weight excluding hydrogens is 472 g/mol. The van der Waals surface area contributed by atoms with Crippen LogP contribution in [0.4, 0.5) is 4.79 Å². The lowest BCUT2D eigenvalue weighted by Crippen LogP contribution is -2.12. The molecule has 1 saturated carbocycles. The van der Waals surface area contributed by atoms with E-state index in [1.54, 1.807) is 0 Å². The van der Waals surface area contributed by atoms with E-state index in [1.807, 2.05) is 42.1 Å². The average Bonchev–Trinajstić information content (AvgIpc) is 3.35. The molecule has 36 heavy (non-hydrogen) atoms. The van der Waals surface area contributed by atoms with Crippen molar-refractivity contribution in [1.82, 2.24) is 0 Å². The highest BCUT2D eigenvalue weighted by molar-refractivity contribution is 8.00. The van der Waals surface area contributed by atoms with Gasteiger partial charge in [0.05, 0.1) is 6.61 Å². The number of ether oxygens (including phenoxy) is 1. The minimum atomic E-state index is -1.83. The summed E-state index contributed by atoms with van der Waals surface area (Å²) in [5.74, 6) is 1.36. The van der Waals surface area contributed by atoms with Gasteiger partial charge in [-0.15, -0.1) is 11.8 Å². The van der Waals surface area contributed by atoms with Crippen molar-refractivity contribution >= 4 is 23.7 Å². The molecular formula is C30H34O5S. The van der Waals surface area contributed by atoms with Crippen molar-refractivity contribution in [2.45, 2.75) is 55.6 Å². The molecule has 2 atom stereocenters. The Morgan fingerprint density at radius 1 is 0.861 bits per heavy atom. The molecule has 0 aliphatic heterocycles. The van der Waals surface area contributed by atoms with E-state index in [0.717, 1.165) is 54.7 Å². The fraction of sp³-hybridized carbons (Fsp3) is 0.333. The summed E-state index contributed by atoms with van der Waals surface area (Å²) in [4.78, 5) is 22.9. The van der Waals surface area contributed by atoms with Gasteiger partial charge in [-0.05, 0) is 61.1 Å². The highest BCUT2D eigenvalue weighted by Crippen LogP contribution is 2.39. The van der Waals surface area contributed by atoms with Gasteiger partial charge in [0.25, 0.3) is 0 Å². The minimum Gasteiger partial charge on any atom is -0.494 e. The van der Waals surface area contributed by atoms with Gasteiger partial charge < -0.3 is 14.9 Å². The smallest absolute Gasteiger partial charge is 0.494 e. The topological polar surface area (TPSA) is 83.8 Å². The molecule has 4 rings (SSSR count). The van der Waals surface area contributed by atoms with Gasteiger partial charge in [0.15, 0.2) is 5.78 Å². The first-order valence-corrected chi connectivity index (χ1v) is 13.3. The monoisotopic (exact) mass is 506 g/mol. The summed E-state index contributed by atoms with van der Waals surface area (Å²) in [6.45, 7) is 2.97. The Hall–Kier alpha value is -3.25. The van der Waals surface area contributed by atoms with E-state index in [4.69, 9.17) is 19.7 Å². The molecule has 0 saturated heterocycles. The van der Waals surface area contributed by atoms with Crippen molar-refractivity contribution in [3.63, 3.8) is 0 Å². The standard InChI is InChI=1S/C29H32O2S.CH2O3/c1-2-3-7-20-31-26-17-14-23(15-18-26)22-10-12-24(13-11-22)29(30)25-16-19-28(21-25)32-27-8-5-4-6-9-27;2-1(3)4/h4-6,8-15,17-18,25,28H,2-3,7,16,19-21H2,1H3;(H2,2,3,4). The molecule has 5 nitrogen and oxygen atoms in total. The number of ketones is 1. The average molecular weight is 507 g/mol. The fourth-order valence-electron chi connectivity index (χ4n) is 4.33. The molecule has 190 valence electrons. The molecule has 1 aliphatic carbocycles. The van der Waals surface area contributed by atoms with Crippen LogP contribution in [0, 0.1) is 5.92 Å². The summed E-state index contributed by atoms with van der Waals surface area (Å²) >= 11 is 1.91. The van der Waals surface area contributed by atoms with Crippen molar-refractivity contribution < 1.29 is 24.5 Å². The van der Waals surface area contributed by atoms with Crippen LogP contribution in [0.5, 0.6) is 5.75 Å². The number of unbranched alkanes of at least 4 members (excludes halogenated alkanes) is 2. The molecule has 0 radical (unpaired) electrons. The SMILES string of the molecule is CCCCCOc1ccc(-c2ccc(C(=O)C3CCC(Sc4ccccc4)C3)cc2)cc1.O=C(O)O. The number of carboxylic acid groups (broad SMARTS) is 2. The molecule has 3 aromatic rings. The zero-order chi connectivity index (χ0) is 25.8. The number of carbonyl (C=O) groups is 2. The first-order valence-electron chi connectivity index (χ1n) is 12.5. The second-order valence-corrected chi connectivity index (χ2v) is 10.2. The Labute approximate surface area is 217 Å². The van der Waals surface area contributed by atoms with Crippen LogP contribution in [0.25, 0.3) is 11.1 Å². The predicted molar refractivity (Wildman–Crippen MR) is 145 cm³/mol. The van der Waals surface area contributed by atoms with Gasteiger partial charge in [0.2, 0.25) is 0 Å². The van der Waals surface area contributed by atoms with E-state index in [1.165, 1.54) is 17.7 Å². The van der Waals surface area contributed by atoms with Gasteiger partial charge in [0, 0.05) is 21.6 Å². The molecule has 1 aliphatic rings. The van der Waals surface area contributed by atoms with Crippen LogP contribution in [0.3, 0.4) is 0 Å². The van der Waals surface area contributed by atoms with Crippen LogP contribution in [0.15, 0.2) is 83.8 Å². The normalized spacial score (nSPS) is 16.6. The number of hydrogen-bond acceptors (Lipinski definition) is 4. The Kier molecular flexibility index (Phi) is 10.9. The maximum atomic E-state index is 13.1. The van der Waals surface area contributed by atoms with E-state index in [9.17, 15) is 4.79 Å². The van der Waals surface area contributed by atoms with E-state index in [-0.39, 0.29) is 5.92 Å². The predicted octanol–water partition coefficient (Wildman–Crippen LogP) is 8.29. The number of carbonyl (C=O) groups excluding carboxylic acids is 1. The van der Waals surface area contributed by atoms with Gasteiger partial charge in [-0.1, -0.05) is 74.4 Å². The third kappa shape index (κ3) is 8.76. The number of benzene rings is 3. The van der Waals surface area contributed by atoms with E-state index in [2.05, 4.69) is 55.5 Å². The third-order valence-corrected chi connectivity index (χ3v) is 7.48. The quantitative estimate of drug-likeness (QED) is 0.213. The molecule has 2 N–H and O–H groups in total. The summed E-state index contributed by atoms with van der Waals surface area (Å²) in [6, 6.07) is 26.9. The lowest BCUT2D eigenvalue weighted by atomic mass is 9.94. The first-order chi connectivity index (χ1) is 17.5. The molecule has 2 unspecified atom stereocenters. The summed E-state index contributed by atoms with van der Waals surface area (Å²) in [7, 11) is 0. The molecule has 0 aromatic heterocycles. The molecule has 0 bridgehead atoms. The summed E-state index contributed by atoms with van der Waals surface area (Å²) in [5, 5.41) is 14.5. The third-order valence-electron chi connectivity index (χ3n) is 6.17. The zero-order valence-electron chi connectivity index (χ0n) is 20.6. The Morgan fingerprint density at radius 3 is 2.08 bits per heavy atom.